The van der Waals surface area contributed by atoms with Crippen molar-refractivity contribution >= 4 is 21.8 Å². The Labute approximate surface area is 182 Å². The topological polar surface area (TPSA) is 94.8 Å². The number of hydrogen-bond acceptors (Lipinski definition) is 6. The molecular weight excluding hydrogens is 418 g/mol. The summed E-state index contributed by atoms with van der Waals surface area (Å²) in [4.78, 5) is 12.4. The van der Waals surface area contributed by atoms with Crippen LogP contribution in [0.3, 0.4) is 0 Å². The minimum atomic E-state index is -3.29. The molecule has 1 aliphatic rings. The Bertz CT molecular complexity index is 1190. The van der Waals surface area contributed by atoms with Crippen molar-refractivity contribution in [2.24, 2.45) is 0 Å². The van der Waals surface area contributed by atoms with Gasteiger partial charge < -0.3 is 13.9 Å². The van der Waals surface area contributed by atoms with Crippen molar-refractivity contribution < 1.29 is 22.3 Å². The Morgan fingerprint density at radius 2 is 1.87 bits per heavy atom. The quantitative estimate of drug-likeness (QED) is 0.718. The van der Waals surface area contributed by atoms with Gasteiger partial charge in [-0.15, -0.1) is 0 Å². The smallest absolute Gasteiger partial charge is 0.291 e. The molecule has 3 rings (SSSR count). The SMILES string of the molecule is COc1oc([C@H]2C/C(=C/C(C)=C/c3ccc(NS(C)(=O)=O)cc3)CO2)c(C)c(=O)c1C. The molecule has 0 radical (unpaired) electrons. The number of ether oxygens (including phenoxy) is 2. The lowest BCUT2D eigenvalue weighted by Gasteiger charge is -2.13. The van der Waals surface area contributed by atoms with Gasteiger partial charge in [0.15, 0.2) is 5.43 Å². The van der Waals surface area contributed by atoms with Gasteiger partial charge in [0.1, 0.15) is 11.9 Å². The van der Waals surface area contributed by atoms with Gasteiger partial charge in [-0.2, -0.15) is 0 Å². The molecule has 0 spiro atoms. The molecule has 1 fully saturated rings. The molecule has 1 aromatic heterocycles. The van der Waals surface area contributed by atoms with Crippen molar-refractivity contribution in [1.29, 1.82) is 0 Å². The van der Waals surface area contributed by atoms with Gasteiger partial charge in [0.25, 0.3) is 5.95 Å². The van der Waals surface area contributed by atoms with E-state index in [0.717, 1.165) is 23.0 Å². The average molecular weight is 446 g/mol. The maximum atomic E-state index is 12.4. The number of allylic oxidation sites excluding steroid dienone is 2. The average Bonchev–Trinajstić information content (AvgIpc) is 3.15. The minimum absolute atomic E-state index is 0.0935. The number of benzene rings is 1. The summed E-state index contributed by atoms with van der Waals surface area (Å²) in [7, 11) is -1.82. The van der Waals surface area contributed by atoms with Gasteiger partial charge in [-0.3, -0.25) is 9.52 Å². The fourth-order valence-electron chi connectivity index (χ4n) is 3.56. The molecule has 1 N–H and O–H groups in total. The van der Waals surface area contributed by atoms with Crippen LogP contribution in [0.15, 0.2) is 50.7 Å². The zero-order chi connectivity index (χ0) is 22.8. The van der Waals surface area contributed by atoms with Gasteiger partial charge in [-0.1, -0.05) is 29.9 Å². The molecular formula is C23H27NO6S. The van der Waals surface area contributed by atoms with Crippen LogP contribution in [0.2, 0.25) is 0 Å². The molecule has 2 heterocycles. The lowest BCUT2D eigenvalue weighted by atomic mass is 10.0. The van der Waals surface area contributed by atoms with Crippen molar-refractivity contribution in [1.82, 2.24) is 0 Å². The Morgan fingerprint density at radius 3 is 2.48 bits per heavy atom. The first-order valence-electron chi connectivity index (χ1n) is 9.82. The molecule has 0 amide bonds. The zero-order valence-corrected chi connectivity index (χ0v) is 19.1. The van der Waals surface area contributed by atoms with E-state index in [-0.39, 0.29) is 17.5 Å². The van der Waals surface area contributed by atoms with Crippen LogP contribution in [0.5, 0.6) is 5.95 Å². The first-order chi connectivity index (χ1) is 14.6. The van der Waals surface area contributed by atoms with E-state index in [9.17, 15) is 13.2 Å². The molecule has 0 bridgehead atoms. The molecule has 0 unspecified atom stereocenters. The van der Waals surface area contributed by atoms with E-state index in [0.29, 0.717) is 35.6 Å². The highest BCUT2D eigenvalue weighted by Gasteiger charge is 2.28. The molecule has 1 saturated heterocycles. The van der Waals surface area contributed by atoms with E-state index in [1.54, 1.807) is 26.0 Å². The summed E-state index contributed by atoms with van der Waals surface area (Å²) in [5, 5.41) is 0. The highest BCUT2D eigenvalue weighted by atomic mass is 32.2. The number of rotatable bonds is 6. The largest absolute Gasteiger partial charge is 0.468 e. The molecule has 7 nitrogen and oxygen atoms in total. The second kappa shape index (κ2) is 9.11. The number of sulfonamides is 1. The second-order valence-electron chi connectivity index (χ2n) is 7.73. The van der Waals surface area contributed by atoms with Crippen LogP contribution in [0.1, 0.15) is 41.9 Å². The maximum Gasteiger partial charge on any atom is 0.291 e. The van der Waals surface area contributed by atoms with Gasteiger partial charge in [-0.05, 0) is 44.0 Å². The maximum absolute atomic E-state index is 12.4. The van der Waals surface area contributed by atoms with Crippen LogP contribution < -0.4 is 14.9 Å². The van der Waals surface area contributed by atoms with Crippen LogP contribution in [0, 0.1) is 13.8 Å². The van der Waals surface area contributed by atoms with E-state index in [2.05, 4.69) is 10.8 Å². The molecule has 2 aromatic rings. The third-order valence-corrected chi connectivity index (χ3v) is 5.60. The van der Waals surface area contributed by atoms with Crippen LogP contribution in [0.25, 0.3) is 6.08 Å². The summed E-state index contributed by atoms with van der Waals surface area (Å²) in [6.07, 6.45) is 5.47. The summed E-state index contributed by atoms with van der Waals surface area (Å²) in [6, 6.07) is 7.13. The standard InChI is InChI=1S/C23H27NO6S/c1-14(10-17-6-8-19(9-7-17)24-31(5,26)27)11-18-12-20(29-13-18)22-15(2)21(25)16(3)23(28-4)30-22/h6-11,20,24H,12-13H2,1-5H3/b14-10+,18-11-/t20-/m1/s1. The van der Waals surface area contributed by atoms with Crippen LogP contribution in [-0.4, -0.2) is 28.4 Å². The van der Waals surface area contributed by atoms with Gasteiger partial charge >= 0.3 is 0 Å². The van der Waals surface area contributed by atoms with Crippen molar-refractivity contribution in [3.05, 3.63) is 74.2 Å². The summed E-state index contributed by atoms with van der Waals surface area (Å²) in [5.41, 5.74) is 4.50. The summed E-state index contributed by atoms with van der Waals surface area (Å²) < 4.78 is 41.9. The Balaban J connectivity index is 1.75. The second-order valence-corrected chi connectivity index (χ2v) is 9.48. The van der Waals surface area contributed by atoms with E-state index in [4.69, 9.17) is 13.9 Å². The third-order valence-electron chi connectivity index (χ3n) is 5.00. The minimum Gasteiger partial charge on any atom is -0.468 e. The van der Waals surface area contributed by atoms with E-state index in [1.165, 1.54) is 7.11 Å². The Hall–Kier alpha value is -2.84. The number of methoxy groups -OCH3 is 1. The van der Waals surface area contributed by atoms with Gasteiger partial charge in [-0.25, -0.2) is 8.42 Å². The van der Waals surface area contributed by atoms with Crippen LogP contribution in [-0.2, 0) is 14.8 Å². The highest BCUT2D eigenvalue weighted by Crippen LogP contribution is 2.35. The first-order valence-corrected chi connectivity index (χ1v) is 11.7. The number of nitrogens with one attached hydrogen (secondary N) is 1. The molecule has 1 aromatic carbocycles. The van der Waals surface area contributed by atoms with Crippen molar-refractivity contribution in [2.45, 2.75) is 33.3 Å². The lowest BCUT2D eigenvalue weighted by Crippen LogP contribution is -2.15. The molecule has 1 atom stereocenters. The van der Waals surface area contributed by atoms with Gasteiger partial charge in [0.2, 0.25) is 10.0 Å². The molecule has 8 heteroatoms. The molecule has 31 heavy (non-hydrogen) atoms. The van der Waals surface area contributed by atoms with E-state index in [1.807, 2.05) is 25.1 Å². The van der Waals surface area contributed by atoms with Crippen LogP contribution >= 0.6 is 0 Å². The number of hydrogen-bond donors (Lipinski definition) is 1. The Morgan fingerprint density at radius 1 is 1.19 bits per heavy atom. The molecule has 1 aliphatic heterocycles. The van der Waals surface area contributed by atoms with Gasteiger partial charge in [0, 0.05) is 17.7 Å². The van der Waals surface area contributed by atoms with Crippen molar-refractivity contribution in [3.63, 3.8) is 0 Å². The normalized spacial score (nSPS) is 18.4. The van der Waals surface area contributed by atoms with Crippen molar-refractivity contribution in [2.75, 3.05) is 24.7 Å². The molecule has 166 valence electrons. The summed E-state index contributed by atoms with van der Waals surface area (Å²) in [6.45, 7) is 5.86. The fraction of sp³-hybridized carbons (Fsp3) is 0.348. The third kappa shape index (κ3) is 5.65. The summed E-state index contributed by atoms with van der Waals surface area (Å²) >= 11 is 0. The molecule has 0 saturated carbocycles. The van der Waals surface area contributed by atoms with Gasteiger partial charge in [0.05, 0.1) is 25.5 Å². The van der Waals surface area contributed by atoms with Crippen molar-refractivity contribution in [3.8, 4) is 5.95 Å². The number of anilines is 1. The van der Waals surface area contributed by atoms with E-state index < -0.39 is 10.0 Å². The Kier molecular flexibility index (Phi) is 6.71. The predicted molar refractivity (Wildman–Crippen MR) is 121 cm³/mol. The summed E-state index contributed by atoms with van der Waals surface area (Å²) in [5.74, 6) is 0.725. The zero-order valence-electron chi connectivity index (χ0n) is 18.3. The monoisotopic (exact) mass is 445 g/mol. The molecule has 0 aliphatic carbocycles. The van der Waals surface area contributed by atoms with E-state index >= 15 is 0 Å². The lowest BCUT2D eigenvalue weighted by molar-refractivity contribution is 0.0880. The predicted octanol–water partition coefficient (Wildman–Crippen LogP) is 4.13. The first kappa shape index (κ1) is 22.8. The van der Waals surface area contributed by atoms with Crippen LogP contribution in [0.4, 0.5) is 5.69 Å². The fourth-order valence-corrected chi connectivity index (χ4v) is 4.13. The highest BCUT2D eigenvalue weighted by molar-refractivity contribution is 7.92.